The molecule has 2 heteroatoms. The summed E-state index contributed by atoms with van der Waals surface area (Å²) in [6.07, 6.45) is 6.97. The van der Waals surface area contributed by atoms with Gasteiger partial charge < -0.3 is 10.2 Å². The van der Waals surface area contributed by atoms with Gasteiger partial charge in [-0.1, -0.05) is 51.3 Å². The van der Waals surface area contributed by atoms with Crippen LogP contribution in [0.25, 0.3) is 0 Å². The second-order valence-electron chi connectivity index (χ2n) is 5.88. The highest BCUT2D eigenvalue weighted by Crippen LogP contribution is 2.36. The van der Waals surface area contributed by atoms with Crippen LogP contribution >= 0.6 is 0 Å². The maximum absolute atomic E-state index is 3.67. The number of benzene rings is 1. The molecule has 0 saturated heterocycles. The van der Waals surface area contributed by atoms with Crippen molar-refractivity contribution in [1.82, 2.24) is 4.90 Å². The van der Waals surface area contributed by atoms with E-state index in [2.05, 4.69) is 48.3 Å². The summed E-state index contributed by atoms with van der Waals surface area (Å²) in [7, 11) is 0. The topological polar surface area (TPSA) is 15.3 Å². The van der Waals surface area contributed by atoms with Crippen molar-refractivity contribution in [3.63, 3.8) is 0 Å². The van der Waals surface area contributed by atoms with Gasteiger partial charge in [0, 0.05) is 18.8 Å². The van der Waals surface area contributed by atoms with Crippen molar-refractivity contribution in [2.75, 3.05) is 31.5 Å². The Labute approximate surface area is 124 Å². The van der Waals surface area contributed by atoms with Crippen LogP contribution < -0.4 is 5.32 Å². The number of nitrogens with one attached hydrogen (secondary N) is 1. The van der Waals surface area contributed by atoms with E-state index in [-0.39, 0.29) is 0 Å². The predicted octanol–water partition coefficient (Wildman–Crippen LogP) is 4.49. The van der Waals surface area contributed by atoms with Gasteiger partial charge in [0.1, 0.15) is 0 Å². The first-order valence-electron chi connectivity index (χ1n) is 8.40. The van der Waals surface area contributed by atoms with Crippen molar-refractivity contribution >= 4 is 5.69 Å². The van der Waals surface area contributed by atoms with Crippen LogP contribution in [0.5, 0.6) is 0 Å². The Kier molecular flexibility index (Phi) is 6.38. The fraction of sp³-hybridized carbons (Fsp3) is 0.667. The minimum Gasteiger partial charge on any atom is -0.384 e. The van der Waals surface area contributed by atoms with E-state index in [0.29, 0.717) is 0 Å². The zero-order chi connectivity index (χ0) is 14.2. The minimum atomic E-state index is 0.779. The van der Waals surface area contributed by atoms with Crippen LogP contribution in [0.3, 0.4) is 0 Å². The van der Waals surface area contributed by atoms with Gasteiger partial charge in [-0.2, -0.15) is 0 Å². The number of para-hydroxylation sites is 1. The van der Waals surface area contributed by atoms with Gasteiger partial charge in [-0.05, 0) is 43.5 Å². The average molecular weight is 274 g/mol. The van der Waals surface area contributed by atoms with Crippen LogP contribution in [-0.2, 0) is 0 Å². The highest BCUT2D eigenvalue weighted by molar-refractivity contribution is 5.52. The maximum atomic E-state index is 3.67. The molecule has 2 nitrogen and oxygen atoms in total. The SMILES string of the molecule is CCN(CC)CCNc1ccccc1C1CCCCC1. The molecular weight excluding hydrogens is 244 g/mol. The Balaban J connectivity index is 1.93. The zero-order valence-electron chi connectivity index (χ0n) is 13.2. The van der Waals surface area contributed by atoms with Gasteiger partial charge in [0.2, 0.25) is 0 Å². The fourth-order valence-corrected chi connectivity index (χ4v) is 3.32. The van der Waals surface area contributed by atoms with Gasteiger partial charge in [0.15, 0.2) is 0 Å². The second kappa shape index (κ2) is 8.31. The molecule has 0 radical (unpaired) electrons. The summed E-state index contributed by atoms with van der Waals surface area (Å²) < 4.78 is 0. The third kappa shape index (κ3) is 4.24. The van der Waals surface area contributed by atoms with E-state index in [4.69, 9.17) is 0 Å². The lowest BCUT2D eigenvalue weighted by atomic mass is 9.83. The van der Waals surface area contributed by atoms with Crippen LogP contribution in [-0.4, -0.2) is 31.1 Å². The molecule has 2 rings (SSSR count). The van der Waals surface area contributed by atoms with E-state index in [1.54, 1.807) is 5.56 Å². The molecule has 1 aromatic carbocycles. The molecule has 1 fully saturated rings. The minimum absolute atomic E-state index is 0.779. The molecule has 0 amide bonds. The maximum Gasteiger partial charge on any atom is 0.0376 e. The molecule has 20 heavy (non-hydrogen) atoms. The Morgan fingerprint density at radius 3 is 2.45 bits per heavy atom. The van der Waals surface area contributed by atoms with Crippen LogP contribution in [0.4, 0.5) is 5.69 Å². The highest BCUT2D eigenvalue weighted by Gasteiger charge is 2.17. The number of anilines is 1. The third-order valence-electron chi connectivity index (χ3n) is 4.64. The zero-order valence-corrected chi connectivity index (χ0v) is 13.2. The van der Waals surface area contributed by atoms with Gasteiger partial charge in [-0.15, -0.1) is 0 Å². The van der Waals surface area contributed by atoms with E-state index in [1.165, 1.54) is 37.8 Å². The smallest absolute Gasteiger partial charge is 0.0376 e. The number of hydrogen-bond acceptors (Lipinski definition) is 2. The van der Waals surface area contributed by atoms with Crippen LogP contribution in [0.1, 0.15) is 57.4 Å². The summed E-state index contributed by atoms with van der Waals surface area (Å²) in [5.41, 5.74) is 2.92. The lowest BCUT2D eigenvalue weighted by molar-refractivity contribution is 0.316. The number of rotatable bonds is 7. The summed E-state index contributed by atoms with van der Waals surface area (Å²) in [5, 5.41) is 3.67. The molecule has 0 unspecified atom stereocenters. The molecule has 1 aliphatic carbocycles. The Morgan fingerprint density at radius 1 is 1.05 bits per heavy atom. The molecule has 1 N–H and O–H groups in total. The van der Waals surface area contributed by atoms with Gasteiger partial charge in [0.25, 0.3) is 0 Å². The summed E-state index contributed by atoms with van der Waals surface area (Å²) in [4.78, 5) is 2.47. The molecule has 1 saturated carbocycles. The Morgan fingerprint density at radius 2 is 1.75 bits per heavy atom. The number of hydrogen-bond donors (Lipinski definition) is 1. The van der Waals surface area contributed by atoms with Crippen LogP contribution in [0.2, 0.25) is 0 Å². The first-order valence-corrected chi connectivity index (χ1v) is 8.40. The van der Waals surface area contributed by atoms with E-state index in [1.807, 2.05) is 0 Å². The fourth-order valence-electron chi connectivity index (χ4n) is 3.32. The first kappa shape index (κ1) is 15.4. The largest absolute Gasteiger partial charge is 0.384 e. The molecule has 0 heterocycles. The van der Waals surface area contributed by atoms with Crippen molar-refractivity contribution in [1.29, 1.82) is 0 Å². The lowest BCUT2D eigenvalue weighted by Gasteiger charge is -2.25. The third-order valence-corrected chi connectivity index (χ3v) is 4.64. The molecule has 0 atom stereocenters. The molecule has 1 aromatic rings. The first-order chi connectivity index (χ1) is 9.85. The molecular formula is C18H30N2. The summed E-state index contributed by atoms with van der Waals surface area (Å²) in [6, 6.07) is 8.94. The van der Waals surface area contributed by atoms with E-state index < -0.39 is 0 Å². The normalized spacial score (nSPS) is 16.6. The highest BCUT2D eigenvalue weighted by atomic mass is 15.1. The van der Waals surface area contributed by atoms with Crippen LogP contribution in [0, 0.1) is 0 Å². The average Bonchev–Trinajstić information content (AvgIpc) is 2.53. The monoisotopic (exact) mass is 274 g/mol. The second-order valence-corrected chi connectivity index (χ2v) is 5.88. The van der Waals surface area contributed by atoms with Crippen molar-refractivity contribution in [3.05, 3.63) is 29.8 Å². The quantitative estimate of drug-likeness (QED) is 0.788. The van der Waals surface area contributed by atoms with Crippen molar-refractivity contribution < 1.29 is 0 Å². The number of nitrogens with zero attached hydrogens (tertiary/aromatic N) is 1. The lowest BCUT2D eigenvalue weighted by Crippen LogP contribution is -2.28. The Hall–Kier alpha value is -1.02. The molecule has 0 spiro atoms. The summed E-state index contributed by atoms with van der Waals surface area (Å²) in [5.74, 6) is 0.779. The van der Waals surface area contributed by atoms with Crippen LogP contribution in [0.15, 0.2) is 24.3 Å². The number of likely N-dealkylation sites (N-methyl/N-ethyl adjacent to an activating group) is 1. The molecule has 112 valence electrons. The summed E-state index contributed by atoms with van der Waals surface area (Å²) in [6.45, 7) is 8.93. The predicted molar refractivity (Wildman–Crippen MR) is 88.5 cm³/mol. The van der Waals surface area contributed by atoms with Gasteiger partial charge in [0.05, 0.1) is 0 Å². The van der Waals surface area contributed by atoms with E-state index in [9.17, 15) is 0 Å². The molecule has 0 bridgehead atoms. The molecule has 1 aliphatic rings. The van der Waals surface area contributed by atoms with Gasteiger partial charge >= 0.3 is 0 Å². The van der Waals surface area contributed by atoms with Crippen molar-refractivity contribution in [2.24, 2.45) is 0 Å². The van der Waals surface area contributed by atoms with E-state index >= 15 is 0 Å². The van der Waals surface area contributed by atoms with Gasteiger partial charge in [-0.3, -0.25) is 0 Å². The van der Waals surface area contributed by atoms with Crippen molar-refractivity contribution in [2.45, 2.75) is 51.9 Å². The molecule has 0 aromatic heterocycles. The Bertz CT molecular complexity index is 379. The molecule has 0 aliphatic heterocycles. The van der Waals surface area contributed by atoms with Crippen molar-refractivity contribution in [3.8, 4) is 0 Å². The summed E-state index contributed by atoms with van der Waals surface area (Å²) >= 11 is 0. The van der Waals surface area contributed by atoms with E-state index in [0.717, 1.165) is 32.1 Å². The standard InChI is InChI=1S/C18H30N2/c1-3-20(4-2)15-14-19-18-13-9-8-12-17(18)16-10-6-5-7-11-16/h8-9,12-13,16,19H,3-7,10-11,14-15H2,1-2H3. The van der Waals surface area contributed by atoms with Gasteiger partial charge in [-0.25, -0.2) is 0 Å².